The highest BCUT2D eigenvalue weighted by Crippen LogP contribution is 2.27. The Morgan fingerprint density at radius 3 is 2.53 bits per heavy atom. The Labute approximate surface area is 108 Å². The van der Waals surface area contributed by atoms with Crippen molar-refractivity contribution >= 4 is 33.2 Å². The molecule has 6 heteroatoms. The molecule has 1 aromatic carbocycles. The molecule has 94 valence electrons. The molecular formula is C11H15BrFN3O. The predicted octanol–water partition coefficient (Wildman–Crippen LogP) is 2.09. The molecule has 1 amide bonds. The van der Waals surface area contributed by atoms with E-state index in [9.17, 15) is 9.18 Å². The Morgan fingerprint density at radius 1 is 1.47 bits per heavy atom. The molecule has 4 nitrogen and oxygen atoms in total. The number of hydrogen-bond donors (Lipinski definition) is 3. The molecule has 5 N–H and O–H groups in total. The molecule has 0 aliphatic carbocycles. The van der Waals surface area contributed by atoms with Gasteiger partial charge in [-0.2, -0.15) is 0 Å². The minimum atomic E-state index is -0.585. The van der Waals surface area contributed by atoms with Crippen LogP contribution in [0.2, 0.25) is 0 Å². The zero-order valence-electron chi connectivity index (χ0n) is 9.63. The molecule has 0 spiro atoms. The van der Waals surface area contributed by atoms with Gasteiger partial charge in [-0.25, -0.2) is 4.39 Å². The summed E-state index contributed by atoms with van der Waals surface area (Å²) in [5, 5.41) is 2.85. The van der Waals surface area contributed by atoms with Gasteiger partial charge in [0.1, 0.15) is 11.9 Å². The fraction of sp³-hybridized carbons (Fsp3) is 0.364. The van der Waals surface area contributed by atoms with Crippen LogP contribution in [-0.2, 0) is 4.79 Å². The summed E-state index contributed by atoms with van der Waals surface area (Å²) < 4.78 is 13.6. The summed E-state index contributed by atoms with van der Waals surface area (Å²) in [5.74, 6) is -0.963. The highest BCUT2D eigenvalue weighted by Gasteiger charge is 2.20. The second-order valence-electron chi connectivity index (χ2n) is 4.12. The smallest absolute Gasteiger partial charge is 0.240 e. The molecule has 0 aliphatic rings. The number of halogens is 2. The highest BCUT2D eigenvalue weighted by atomic mass is 79.9. The standard InChI is InChI=1S/C11H15BrFN3O/c1-5(2)10(11(15)17)16-9-4-7(13)6(12)3-8(9)14/h3-5,10,16H,14H2,1-2H3,(H2,15,17). The van der Waals surface area contributed by atoms with E-state index < -0.39 is 17.8 Å². The first-order chi connectivity index (χ1) is 7.82. The van der Waals surface area contributed by atoms with Crippen molar-refractivity contribution < 1.29 is 9.18 Å². The summed E-state index contributed by atoms with van der Waals surface area (Å²) in [6.07, 6.45) is 0. The predicted molar refractivity (Wildman–Crippen MR) is 70.0 cm³/mol. The van der Waals surface area contributed by atoms with Crippen LogP contribution in [0.4, 0.5) is 15.8 Å². The van der Waals surface area contributed by atoms with Crippen LogP contribution in [0.1, 0.15) is 13.8 Å². The molecule has 0 saturated heterocycles. The van der Waals surface area contributed by atoms with E-state index in [1.807, 2.05) is 13.8 Å². The van der Waals surface area contributed by atoms with Gasteiger partial charge in [0.25, 0.3) is 0 Å². The van der Waals surface area contributed by atoms with E-state index in [0.29, 0.717) is 11.4 Å². The van der Waals surface area contributed by atoms with Gasteiger partial charge in [-0.1, -0.05) is 13.8 Å². The molecule has 0 aromatic heterocycles. The van der Waals surface area contributed by atoms with Crippen LogP contribution in [0.25, 0.3) is 0 Å². The Bertz CT molecular complexity index is 437. The quantitative estimate of drug-likeness (QED) is 0.745. The second-order valence-corrected chi connectivity index (χ2v) is 4.98. The average molecular weight is 304 g/mol. The molecule has 1 atom stereocenters. The molecule has 0 saturated carbocycles. The summed E-state index contributed by atoms with van der Waals surface area (Å²) in [6.45, 7) is 3.68. The lowest BCUT2D eigenvalue weighted by Gasteiger charge is -2.21. The van der Waals surface area contributed by atoms with Gasteiger partial charge < -0.3 is 16.8 Å². The zero-order valence-corrected chi connectivity index (χ0v) is 11.2. The van der Waals surface area contributed by atoms with Gasteiger partial charge >= 0.3 is 0 Å². The number of carbonyl (C=O) groups excluding carboxylic acids is 1. The van der Waals surface area contributed by atoms with E-state index in [0.717, 1.165) is 0 Å². The summed E-state index contributed by atoms with van der Waals surface area (Å²) in [5.41, 5.74) is 11.7. The number of nitrogens with two attached hydrogens (primary N) is 2. The van der Waals surface area contributed by atoms with E-state index in [1.165, 1.54) is 12.1 Å². The first-order valence-electron chi connectivity index (χ1n) is 5.13. The van der Waals surface area contributed by atoms with Crippen molar-refractivity contribution in [3.8, 4) is 0 Å². The molecule has 0 bridgehead atoms. The van der Waals surface area contributed by atoms with Gasteiger partial charge in [0.2, 0.25) is 5.91 Å². The van der Waals surface area contributed by atoms with Gasteiger partial charge in [0.15, 0.2) is 0 Å². The van der Waals surface area contributed by atoms with E-state index in [-0.39, 0.29) is 10.4 Å². The molecule has 17 heavy (non-hydrogen) atoms. The van der Waals surface area contributed by atoms with Crippen LogP contribution < -0.4 is 16.8 Å². The first kappa shape index (κ1) is 13.8. The van der Waals surface area contributed by atoms with Crippen LogP contribution in [0.15, 0.2) is 16.6 Å². The largest absolute Gasteiger partial charge is 0.397 e. The highest BCUT2D eigenvalue weighted by molar-refractivity contribution is 9.10. The lowest BCUT2D eigenvalue weighted by molar-refractivity contribution is -0.119. The maximum atomic E-state index is 13.4. The number of carbonyl (C=O) groups is 1. The second kappa shape index (κ2) is 5.35. The van der Waals surface area contributed by atoms with Crippen LogP contribution >= 0.6 is 15.9 Å². The lowest BCUT2D eigenvalue weighted by atomic mass is 10.0. The Morgan fingerprint density at radius 2 is 2.06 bits per heavy atom. The van der Waals surface area contributed by atoms with Crippen LogP contribution in [0, 0.1) is 11.7 Å². The third-order valence-electron chi connectivity index (χ3n) is 2.38. The van der Waals surface area contributed by atoms with E-state index >= 15 is 0 Å². The number of benzene rings is 1. The number of anilines is 2. The number of nitrogens with one attached hydrogen (secondary N) is 1. The Balaban J connectivity index is 3.01. The number of hydrogen-bond acceptors (Lipinski definition) is 3. The van der Waals surface area contributed by atoms with Crippen LogP contribution in [0.5, 0.6) is 0 Å². The molecule has 0 radical (unpaired) electrons. The lowest BCUT2D eigenvalue weighted by Crippen LogP contribution is -2.39. The Kier molecular flexibility index (Phi) is 4.34. The minimum Gasteiger partial charge on any atom is -0.397 e. The minimum absolute atomic E-state index is 0.0152. The van der Waals surface area contributed by atoms with Crippen molar-refractivity contribution in [3.05, 3.63) is 22.4 Å². The maximum Gasteiger partial charge on any atom is 0.240 e. The SMILES string of the molecule is CC(C)C(Nc1cc(F)c(Br)cc1N)C(N)=O. The number of amides is 1. The number of rotatable bonds is 4. The topological polar surface area (TPSA) is 81.1 Å². The third kappa shape index (κ3) is 3.33. The van der Waals surface area contributed by atoms with Crippen molar-refractivity contribution in [2.75, 3.05) is 11.1 Å². The van der Waals surface area contributed by atoms with Crippen LogP contribution in [0.3, 0.4) is 0 Å². The van der Waals surface area contributed by atoms with Gasteiger partial charge in [-0.05, 0) is 27.9 Å². The van der Waals surface area contributed by atoms with E-state index in [4.69, 9.17) is 11.5 Å². The van der Waals surface area contributed by atoms with Gasteiger partial charge in [-0.15, -0.1) is 0 Å². The summed E-state index contributed by atoms with van der Waals surface area (Å²) in [6, 6.07) is 2.09. The molecule has 0 fully saturated rings. The molecule has 1 unspecified atom stereocenters. The van der Waals surface area contributed by atoms with Crippen molar-refractivity contribution in [1.29, 1.82) is 0 Å². The van der Waals surface area contributed by atoms with Crippen LogP contribution in [-0.4, -0.2) is 11.9 Å². The monoisotopic (exact) mass is 303 g/mol. The average Bonchev–Trinajstić information content (AvgIpc) is 2.20. The molecule has 1 rings (SSSR count). The summed E-state index contributed by atoms with van der Waals surface area (Å²) in [7, 11) is 0. The first-order valence-corrected chi connectivity index (χ1v) is 5.92. The maximum absolute atomic E-state index is 13.4. The normalized spacial score (nSPS) is 12.5. The van der Waals surface area contributed by atoms with Crippen molar-refractivity contribution in [2.24, 2.45) is 11.7 Å². The number of primary amides is 1. The molecule has 0 heterocycles. The summed E-state index contributed by atoms with van der Waals surface area (Å²) >= 11 is 3.03. The van der Waals surface area contributed by atoms with Crippen molar-refractivity contribution in [1.82, 2.24) is 0 Å². The number of nitrogen functional groups attached to an aromatic ring is 1. The van der Waals surface area contributed by atoms with Gasteiger partial charge in [0.05, 0.1) is 15.8 Å². The van der Waals surface area contributed by atoms with Crippen molar-refractivity contribution in [3.63, 3.8) is 0 Å². The summed E-state index contributed by atoms with van der Waals surface area (Å²) in [4.78, 5) is 11.2. The fourth-order valence-corrected chi connectivity index (χ4v) is 1.78. The van der Waals surface area contributed by atoms with E-state index in [1.54, 1.807) is 0 Å². The fourth-order valence-electron chi connectivity index (χ4n) is 1.42. The molecular weight excluding hydrogens is 289 g/mol. The van der Waals surface area contributed by atoms with E-state index in [2.05, 4.69) is 21.2 Å². The Hall–Kier alpha value is -1.30. The third-order valence-corrected chi connectivity index (χ3v) is 2.98. The molecule has 1 aromatic rings. The van der Waals surface area contributed by atoms with Crippen molar-refractivity contribution in [2.45, 2.75) is 19.9 Å². The van der Waals surface area contributed by atoms with Gasteiger partial charge in [-0.3, -0.25) is 4.79 Å². The molecule has 0 aliphatic heterocycles. The zero-order chi connectivity index (χ0) is 13.2. The van der Waals surface area contributed by atoms with Gasteiger partial charge in [0, 0.05) is 6.07 Å².